The molecule has 0 amide bonds. The summed E-state index contributed by atoms with van der Waals surface area (Å²) in [5.41, 5.74) is 1.24. The highest BCUT2D eigenvalue weighted by Crippen LogP contribution is 2.53. The van der Waals surface area contributed by atoms with E-state index in [9.17, 15) is 0 Å². The van der Waals surface area contributed by atoms with Gasteiger partial charge < -0.3 is 0 Å². The number of thioether (sulfide) groups is 3. The van der Waals surface area contributed by atoms with Crippen LogP contribution in [0.3, 0.4) is 0 Å². The number of rotatable bonds is 4. The van der Waals surface area contributed by atoms with Crippen molar-refractivity contribution < 1.29 is 0 Å². The first-order valence-corrected chi connectivity index (χ1v) is 8.24. The molecule has 1 aromatic rings. The van der Waals surface area contributed by atoms with Gasteiger partial charge in [0.2, 0.25) is 0 Å². The Labute approximate surface area is 121 Å². The predicted octanol–water partition coefficient (Wildman–Crippen LogP) is 5.30. The van der Waals surface area contributed by atoms with Gasteiger partial charge in [-0.1, -0.05) is 53.9 Å². The lowest BCUT2D eigenvalue weighted by Gasteiger charge is -1.99. The normalized spacial score (nSPS) is 17.2. The number of allylic oxidation sites excluding steroid dienone is 1. The highest BCUT2D eigenvalue weighted by molar-refractivity contribution is 8.35. The fourth-order valence-electron chi connectivity index (χ4n) is 1.44. The van der Waals surface area contributed by atoms with Gasteiger partial charge >= 0.3 is 0 Å². The molecule has 18 heavy (non-hydrogen) atoms. The monoisotopic (exact) mass is 291 g/mol. The second-order valence-corrected chi connectivity index (χ2v) is 7.61. The lowest BCUT2D eigenvalue weighted by atomic mass is 10.2. The average Bonchev–Trinajstić information content (AvgIpc) is 2.71. The van der Waals surface area contributed by atoms with Crippen molar-refractivity contribution in [2.75, 3.05) is 5.75 Å². The number of benzene rings is 1. The van der Waals surface area contributed by atoms with Crippen molar-refractivity contribution in [3.63, 3.8) is 0 Å². The van der Waals surface area contributed by atoms with Crippen LogP contribution >= 0.6 is 35.3 Å². The molecule has 2 rings (SSSR count). The summed E-state index contributed by atoms with van der Waals surface area (Å²) in [7, 11) is 0. The maximum absolute atomic E-state index is 8.55. The van der Waals surface area contributed by atoms with Gasteiger partial charge in [-0.3, -0.25) is 0 Å². The molecule has 92 valence electrons. The highest BCUT2D eigenvalue weighted by Gasteiger charge is 2.17. The van der Waals surface area contributed by atoms with Gasteiger partial charge in [-0.25, -0.2) is 0 Å². The molecule has 4 heteroatoms. The molecule has 0 spiro atoms. The molecule has 0 radical (unpaired) electrons. The molecule has 0 saturated carbocycles. The first-order valence-electron chi connectivity index (χ1n) is 5.62. The lowest BCUT2D eigenvalue weighted by molar-refractivity contribution is 1.24. The van der Waals surface area contributed by atoms with Crippen LogP contribution in [0.1, 0.15) is 18.9 Å². The second kappa shape index (κ2) is 6.98. The van der Waals surface area contributed by atoms with Crippen LogP contribution in [-0.4, -0.2) is 5.75 Å². The van der Waals surface area contributed by atoms with Crippen molar-refractivity contribution in [2.24, 2.45) is 0 Å². The molecule has 0 aliphatic carbocycles. The van der Waals surface area contributed by atoms with Crippen LogP contribution in [0.15, 0.2) is 43.7 Å². The van der Waals surface area contributed by atoms with E-state index in [4.69, 9.17) is 5.26 Å². The standard InChI is InChI=1S/C14H13NS3/c1-11-14(16-9-5-8-15)18-13(17-11)10-12-6-3-2-4-7-12/h2-4,6-7,10H,5,9H2,1H3/b13-10-. The smallest absolute Gasteiger partial charge is 0.0630 e. The second-order valence-electron chi connectivity index (χ2n) is 3.68. The SMILES string of the molecule is CC1=C(SCCC#N)S/C(=C\c2ccccc2)S1. The summed E-state index contributed by atoms with van der Waals surface area (Å²) in [4.78, 5) is 1.35. The van der Waals surface area contributed by atoms with Gasteiger partial charge in [-0.2, -0.15) is 5.26 Å². The van der Waals surface area contributed by atoms with Crippen molar-refractivity contribution in [1.29, 1.82) is 5.26 Å². The molecule has 0 atom stereocenters. The van der Waals surface area contributed by atoms with Gasteiger partial charge in [0.05, 0.1) is 14.5 Å². The van der Waals surface area contributed by atoms with Gasteiger partial charge in [0, 0.05) is 17.1 Å². The zero-order valence-corrected chi connectivity index (χ0v) is 12.5. The van der Waals surface area contributed by atoms with Crippen molar-refractivity contribution in [3.8, 4) is 6.07 Å². The van der Waals surface area contributed by atoms with E-state index in [1.165, 1.54) is 18.9 Å². The Morgan fingerprint density at radius 2 is 2.06 bits per heavy atom. The molecule has 1 nitrogen and oxygen atoms in total. The van der Waals surface area contributed by atoms with Gasteiger partial charge in [-0.15, -0.1) is 11.8 Å². The summed E-state index contributed by atoms with van der Waals surface area (Å²) < 4.78 is 2.66. The Kier molecular flexibility index (Phi) is 5.30. The first-order chi connectivity index (χ1) is 8.79. The van der Waals surface area contributed by atoms with Crippen LogP contribution in [0.4, 0.5) is 0 Å². The van der Waals surface area contributed by atoms with E-state index in [-0.39, 0.29) is 0 Å². The van der Waals surface area contributed by atoms with Crippen molar-refractivity contribution in [3.05, 3.63) is 49.3 Å². The molecule has 0 saturated heterocycles. The Morgan fingerprint density at radius 3 is 2.78 bits per heavy atom. The molecule has 1 aliphatic rings. The minimum absolute atomic E-state index is 0.615. The van der Waals surface area contributed by atoms with E-state index in [0.717, 1.165) is 5.75 Å². The molecule has 0 N–H and O–H groups in total. The maximum Gasteiger partial charge on any atom is 0.0630 e. The molecular weight excluding hydrogens is 278 g/mol. The zero-order chi connectivity index (χ0) is 12.8. The molecule has 0 unspecified atom stereocenters. The third-order valence-corrected chi connectivity index (χ3v) is 6.24. The van der Waals surface area contributed by atoms with Gasteiger partial charge in [-0.05, 0) is 18.6 Å². The van der Waals surface area contributed by atoms with E-state index >= 15 is 0 Å². The topological polar surface area (TPSA) is 23.8 Å². The van der Waals surface area contributed by atoms with Gasteiger partial charge in [0.15, 0.2) is 0 Å². The summed E-state index contributed by atoms with van der Waals surface area (Å²) in [5.74, 6) is 0.884. The fraction of sp³-hybridized carbons (Fsp3) is 0.214. The summed E-state index contributed by atoms with van der Waals surface area (Å²) in [6.45, 7) is 2.15. The minimum atomic E-state index is 0.615. The highest BCUT2D eigenvalue weighted by atomic mass is 32.2. The number of nitriles is 1. The molecule has 1 heterocycles. The first kappa shape index (κ1) is 13.7. The van der Waals surface area contributed by atoms with E-state index < -0.39 is 0 Å². The minimum Gasteiger partial charge on any atom is -0.198 e. The van der Waals surface area contributed by atoms with E-state index in [0.29, 0.717) is 6.42 Å². The quantitative estimate of drug-likeness (QED) is 0.702. The van der Waals surface area contributed by atoms with Crippen LogP contribution in [0.25, 0.3) is 6.08 Å². The summed E-state index contributed by atoms with van der Waals surface area (Å²) in [6, 6.07) is 12.6. The predicted molar refractivity (Wildman–Crippen MR) is 85.0 cm³/mol. The Morgan fingerprint density at radius 1 is 1.28 bits per heavy atom. The van der Waals surface area contributed by atoms with Crippen LogP contribution < -0.4 is 0 Å². The molecule has 0 fully saturated rings. The summed E-state index contributed by atoms with van der Waals surface area (Å²) in [6.07, 6.45) is 2.83. The van der Waals surface area contributed by atoms with Crippen molar-refractivity contribution in [2.45, 2.75) is 13.3 Å². The molecule has 0 aromatic heterocycles. The lowest BCUT2D eigenvalue weighted by Crippen LogP contribution is -1.75. The summed E-state index contributed by atoms with van der Waals surface area (Å²) in [5, 5.41) is 8.55. The Hall–Kier alpha value is -0.760. The summed E-state index contributed by atoms with van der Waals surface area (Å²) >= 11 is 5.44. The Bertz CT molecular complexity index is 512. The number of hydrogen-bond donors (Lipinski definition) is 0. The van der Waals surface area contributed by atoms with E-state index in [2.05, 4.69) is 43.3 Å². The van der Waals surface area contributed by atoms with Crippen LogP contribution in [0.5, 0.6) is 0 Å². The van der Waals surface area contributed by atoms with Crippen molar-refractivity contribution >= 4 is 41.4 Å². The van der Waals surface area contributed by atoms with Gasteiger partial charge in [0.25, 0.3) is 0 Å². The van der Waals surface area contributed by atoms with E-state index in [1.807, 2.05) is 29.6 Å². The zero-order valence-electron chi connectivity index (χ0n) is 10.1. The van der Waals surface area contributed by atoms with Crippen LogP contribution in [0.2, 0.25) is 0 Å². The largest absolute Gasteiger partial charge is 0.198 e. The Balaban J connectivity index is 1.98. The molecular formula is C14H13NS3. The van der Waals surface area contributed by atoms with Crippen molar-refractivity contribution in [1.82, 2.24) is 0 Å². The maximum atomic E-state index is 8.55. The van der Waals surface area contributed by atoms with Crippen LogP contribution in [-0.2, 0) is 0 Å². The van der Waals surface area contributed by atoms with Crippen LogP contribution in [0, 0.1) is 11.3 Å². The molecule has 1 aliphatic heterocycles. The number of hydrogen-bond acceptors (Lipinski definition) is 4. The average molecular weight is 291 g/mol. The third kappa shape index (κ3) is 3.88. The third-order valence-electron chi connectivity index (χ3n) is 2.27. The van der Waals surface area contributed by atoms with E-state index in [1.54, 1.807) is 11.8 Å². The fourth-order valence-corrected chi connectivity index (χ4v) is 5.38. The number of nitrogens with zero attached hydrogens (tertiary/aromatic N) is 1. The molecule has 1 aromatic carbocycles. The van der Waals surface area contributed by atoms with Gasteiger partial charge in [0.1, 0.15) is 0 Å². The molecule has 0 bridgehead atoms.